The summed E-state index contributed by atoms with van der Waals surface area (Å²) in [6.07, 6.45) is 0. The van der Waals surface area contributed by atoms with Crippen LogP contribution in [0.1, 0.15) is 19.4 Å². The molecule has 0 unspecified atom stereocenters. The van der Waals surface area contributed by atoms with Gasteiger partial charge in [-0.1, -0.05) is 12.1 Å². The first kappa shape index (κ1) is 13.5. The molecule has 0 spiro atoms. The molecule has 0 saturated carbocycles. The lowest BCUT2D eigenvalue weighted by Crippen LogP contribution is -2.58. The molecule has 4 nitrogen and oxygen atoms in total. The van der Waals surface area contributed by atoms with Crippen molar-refractivity contribution >= 4 is 10.0 Å². The summed E-state index contributed by atoms with van der Waals surface area (Å²) in [4.78, 5) is 0.389. The van der Waals surface area contributed by atoms with E-state index in [1.165, 1.54) is 0 Å². The van der Waals surface area contributed by atoms with E-state index in [0.29, 0.717) is 24.5 Å². The summed E-state index contributed by atoms with van der Waals surface area (Å²) in [5, 5.41) is 3.32. The van der Waals surface area contributed by atoms with Gasteiger partial charge in [-0.3, -0.25) is 0 Å². The summed E-state index contributed by atoms with van der Waals surface area (Å²) in [7, 11) is -3.36. The zero-order valence-electron chi connectivity index (χ0n) is 11.1. The van der Waals surface area contributed by atoms with Crippen LogP contribution < -0.4 is 5.32 Å². The number of hydrogen-bond acceptors (Lipinski definition) is 3. The Balaban J connectivity index is 2.31. The largest absolute Gasteiger partial charge is 0.309 e. The van der Waals surface area contributed by atoms with E-state index in [1.54, 1.807) is 22.5 Å². The van der Waals surface area contributed by atoms with Crippen LogP contribution in [0.15, 0.2) is 29.2 Å². The highest BCUT2D eigenvalue weighted by Crippen LogP contribution is 2.21. The molecule has 100 valence electrons. The smallest absolute Gasteiger partial charge is 0.243 e. The minimum absolute atomic E-state index is 0.171. The number of aryl methyl sites for hydroxylation is 1. The third kappa shape index (κ3) is 2.74. The van der Waals surface area contributed by atoms with E-state index in [2.05, 4.69) is 5.32 Å². The van der Waals surface area contributed by atoms with Gasteiger partial charge in [0.15, 0.2) is 0 Å². The number of rotatable bonds is 2. The average molecular weight is 268 g/mol. The van der Waals surface area contributed by atoms with E-state index in [1.807, 2.05) is 26.8 Å². The number of hydrogen-bond donors (Lipinski definition) is 1. The average Bonchev–Trinajstić information content (AvgIpc) is 2.27. The predicted molar refractivity (Wildman–Crippen MR) is 72.0 cm³/mol. The Bertz CT molecular complexity index is 538. The van der Waals surface area contributed by atoms with Gasteiger partial charge in [0.25, 0.3) is 0 Å². The van der Waals surface area contributed by atoms with Crippen molar-refractivity contribution in [2.24, 2.45) is 0 Å². The Morgan fingerprint density at radius 1 is 1.33 bits per heavy atom. The van der Waals surface area contributed by atoms with Crippen LogP contribution in [0.3, 0.4) is 0 Å². The number of piperazine rings is 1. The van der Waals surface area contributed by atoms with Gasteiger partial charge in [-0.15, -0.1) is 0 Å². The van der Waals surface area contributed by atoms with E-state index >= 15 is 0 Å². The second-order valence-corrected chi connectivity index (χ2v) is 7.40. The van der Waals surface area contributed by atoms with Gasteiger partial charge in [-0.25, -0.2) is 8.42 Å². The zero-order chi connectivity index (χ0) is 13.4. The summed E-state index contributed by atoms with van der Waals surface area (Å²) in [5.74, 6) is 0. The fraction of sp³-hybridized carbons (Fsp3) is 0.538. The second-order valence-electron chi connectivity index (χ2n) is 5.47. The number of nitrogens with one attached hydrogen (secondary N) is 1. The SMILES string of the molecule is Cc1cccc(S(=O)(=O)N2CCNC(C)(C)C2)c1. The van der Waals surface area contributed by atoms with Crippen LogP contribution >= 0.6 is 0 Å². The third-order valence-electron chi connectivity index (χ3n) is 3.16. The molecule has 5 heteroatoms. The van der Waals surface area contributed by atoms with Crippen molar-refractivity contribution in [1.29, 1.82) is 0 Å². The maximum atomic E-state index is 12.5. The normalized spacial score (nSPS) is 20.8. The monoisotopic (exact) mass is 268 g/mol. The molecule has 2 rings (SSSR count). The van der Waals surface area contributed by atoms with Crippen molar-refractivity contribution in [1.82, 2.24) is 9.62 Å². The van der Waals surface area contributed by atoms with Gasteiger partial charge in [0.2, 0.25) is 10.0 Å². The van der Waals surface area contributed by atoms with Crippen LogP contribution in [0, 0.1) is 6.92 Å². The third-order valence-corrected chi connectivity index (χ3v) is 5.00. The van der Waals surface area contributed by atoms with Crippen molar-refractivity contribution in [3.05, 3.63) is 29.8 Å². The molecule has 1 aliphatic rings. The predicted octanol–water partition coefficient (Wildman–Crippen LogP) is 1.37. The van der Waals surface area contributed by atoms with Crippen LogP contribution in [0.2, 0.25) is 0 Å². The Morgan fingerprint density at radius 2 is 2.06 bits per heavy atom. The van der Waals surface area contributed by atoms with Gasteiger partial charge < -0.3 is 5.32 Å². The number of sulfonamides is 1. The lowest BCUT2D eigenvalue weighted by molar-refractivity contribution is 0.233. The van der Waals surface area contributed by atoms with Gasteiger partial charge >= 0.3 is 0 Å². The maximum Gasteiger partial charge on any atom is 0.243 e. The molecular weight excluding hydrogens is 248 g/mol. The van der Waals surface area contributed by atoms with Crippen molar-refractivity contribution in [3.63, 3.8) is 0 Å². The minimum atomic E-state index is -3.36. The van der Waals surface area contributed by atoms with Crippen LogP contribution in [0.25, 0.3) is 0 Å². The summed E-state index contributed by atoms with van der Waals surface area (Å²) < 4.78 is 26.6. The lowest BCUT2D eigenvalue weighted by atomic mass is 10.0. The molecule has 18 heavy (non-hydrogen) atoms. The van der Waals surface area contributed by atoms with Crippen molar-refractivity contribution in [3.8, 4) is 0 Å². The van der Waals surface area contributed by atoms with Gasteiger partial charge in [0.1, 0.15) is 0 Å². The zero-order valence-corrected chi connectivity index (χ0v) is 11.9. The van der Waals surface area contributed by atoms with Crippen molar-refractivity contribution in [2.75, 3.05) is 19.6 Å². The highest BCUT2D eigenvalue weighted by molar-refractivity contribution is 7.89. The van der Waals surface area contributed by atoms with Crippen molar-refractivity contribution in [2.45, 2.75) is 31.2 Å². The summed E-state index contributed by atoms with van der Waals surface area (Å²) in [6.45, 7) is 7.66. The number of benzene rings is 1. The molecular formula is C13H20N2O2S. The first-order valence-electron chi connectivity index (χ1n) is 6.13. The molecule has 1 aromatic carbocycles. The van der Waals surface area contributed by atoms with Gasteiger partial charge in [-0.05, 0) is 38.5 Å². The standard InChI is InChI=1S/C13H20N2O2S/c1-11-5-4-6-12(9-11)18(16,17)15-8-7-14-13(2,3)10-15/h4-6,9,14H,7-8,10H2,1-3H3. The molecule has 0 atom stereocenters. The first-order valence-corrected chi connectivity index (χ1v) is 7.57. The maximum absolute atomic E-state index is 12.5. The fourth-order valence-electron chi connectivity index (χ4n) is 2.22. The number of nitrogens with zero attached hydrogens (tertiary/aromatic N) is 1. The molecule has 0 radical (unpaired) electrons. The quantitative estimate of drug-likeness (QED) is 0.881. The Labute approximate surface area is 109 Å². The Kier molecular flexibility index (Phi) is 3.49. The highest BCUT2D eigenvalue weighted by Gasteiger charge is 2.33. The molecule has 1 N–H and O–H groups in total. The van der Waals surface area contributed by atoms with Crippen LogP contribution in [-0.2, 0) is 10.0 Å². The van der Waals surface area contributed by atoms with Crippen molar-refractivity contribution < 1.29 is 8.42 Å². The molecule has 1 aromatic rings. The summed E-state index contributed by atoms with van der Waals surface area (Å²) in [6, 6.07) is 7.08. The van der Waals surface area contributed by atoms with E-state index in [-0.39, 0.29) is 5.54 Å². The first-order chi connectivity index (χ1) is 8.31. The molecule has 1 saturated heterocycles. The Morgan fingerprint density at radius 3 is 2.67 bits per heavy atom. The van der Waals surface area contributed by atoms with Crippen LogP contribution in [-0.4, -0.2) is 37.9 Å². The molecule has 1 heterocycles. The molecule has 1 fully saturated rings. The van der Waals surface area contributed by atoms with Gasteiger partial charge in [-0.2, -0.15) is 4.31 Å². The minimum Gasteiger partial charge on any atom is -0.309 e. The molecule has 0 aliphatic carbocycles. The molecule has 0 aromatic heterocycles. The van der Waals surface area contributed by atoms with Crippen LogP contribution in [0.5, 0.6) is 0 Å². The highest BCUT2D eigenvalue weighted by atomic mass is 32.2. The molecule has 0 amide bonds. The van der Waals surface area contributed by atoms with E-state index < -0.39 is 10.0 Å². The Hall–Kier alpha value is -0.910. The lowest BCUT2D eigenvalue weighted by Gasteiger charge is -2.38. The van der Waals surface area contributed by atoms with E-state index in [9.17, 15) is 8.42 Å². The fourth-order valence-corrected chi connectivity index (χ4v) is 3.93. The van der Waals surface area contributed by atoms with E-state index in [0.717, 1.165) is 5.56 Å². The van der Waals surface area contributed by atoms with Gasteiger partial charge in [0, 0.05) is 25.2 Å². The van der Waals surface area contributed by atoms with E-state index in [4.69, 9.17) is 0 Å². The van der Waals surface area contributed by atoms with Crippen LogP contribution in [0.4, 0.5) is 0 Å². The topological polar surface area (TPSA) is 49.4 Å². The van der Waals surface area contributed by atoms with Gasteiger partial charge in [0.05, 0.1) is 4.90 Å². The summed E-state index contributed by atoms with van der Waals surface area (Å²) in [5.41, 5.74) is 0.792. The second kappa shape index (κ2) is 4.64. The molecule has 1 aliphatic heterocycles. The summed E-state index contributed by atoms with van der Waals surface area (Å²) >= 11 is 0. The molecule has 0 bridgehead atoms.